The second kappa shape index (κ2) is 5.83. The lowest BCUT2D eigenvalue weighted by Crippen LogP contribution is -2.24. The molecule has 1 aromatic rings. The van der Waals surface area contributed by atoms with E-state index in [4.69, 9.17) is 5.73 Å². The van der Waals surface area contributed by atoms with Gasteiger partial charge in [0.15, 0.2) is 0 Å². The standard InChI is InChI=1S/C10H18N4O2S/c1-8-6-10(13-7-9(8)11)12-4-3-5-14-17(2,15)16/h6-7,14H,3-5,11H2,1-2H3,(H,12,13). The highest BCUT2D eigenvalue weighted by molar-refractivity contribution is 7.88. The zero-order chi connectivity index (χ0) is 12.9. The van der Waals surface area contributed by atoms with Crippen LogP contribution in [0.15, 0.2) is 12.3 Å². The van der Waals surface area contributed by atoms with Gasteiger partial charge in [0.2, 0.25) is 10.0 Å². The summed E-state index contributed by atoms with van der Waals surface area (Å²) in [4.78, 5) is 4.11. The largest absolute Gasteiger partial charge is 0.397 e. The van der Waals surface area contributed by atoms with Crippen LogP contribution in [0.1, 0.15) is 12.0 Å². The molecule has 0 aliphatic rings. The second-order valence-corrected chi connectivity index (χ2v) is 5.71. The Bertz CT molecular complexity index is 473. The van der Waals surface area contributed by atoms with E-state index in [1.54, 1.807) is 6.20 Å². The van der Waals surface area contributed by atoms with Crippen LogP contribution in [0.4, 0.5) is 11.5 Å². The Hall–Kier alpha value is -1.34. The highest BCUT2D eigenvalue weighted by Gasteiger charge is 2.00. The van der Waals surface area contributed by atoms with Gasteiger partial charge in [-0.25, -0.2) is 18.1 Å². The van der Waals surface area contributed by atoms with Crippen LogP contribution in [0.25, 0.3) is 0 Å². The van der Waals surface area contributed by atoms with Crippen LogP contribution in [0.3, 0.4) is 0 Å². The van der Waals surface area contributed by atoms with Gasteiger partial charge in [-0.15, -0.1) is 0 Å². The van der Waals surface area contributed by atoms with Crippen molar-refractivity contribution in [3.8, 4) is 0 Å². The molecule has 0 bridgehead atoms. The van der Waals surface area contributed by atoms with Gasteiger partial charge in [0.05, 0.1) is 18.1 Å². The number of anilines is 2. The van der Waals surface area contributed by atoms with Gasteiger partial charge >= 0.3 is 0 Å². The number of aryl methyl sites for hydroxylation is 1. The molecule has 6 nitrogen and oxygen atoms in total. The summed E-state index contributed by atoms with van der Waals surface area (Å²) in [5, 5.41) is 3.10. The van der Waals surface area contributed by atoms with Crippen molar-refractivity contribution in [1.29, 1.82) is 0 Å². The van der Waals surface area contributed by atoms with Crippen molar-refractivity contribution < 1.29 is 8.42 Å². The van der Waals surface area contributed by atoms with Crippen molar-refractivity contribution in [2.24, 2.45) is 0 Å². The van der Waals surface area contributed by atoms with E-state index >= 15 is 0 Å². The van der Waals surface area contributed by atoms with Crippen molar-refractivity contribution >= 4 is 21.5 Å². The lowest BCUT2D eigenvalue weighted by atomic mass is 10.2. The van der Waals surface area contributed by atoms with Gasteiger partial charge in [0.1, 0.15) is 5.82 Å². The van der Waals surface area contributed by atoms with Crippen LogP contribution in [0.5, 0.6) is 0 Å². The van der Waals surface area contributed by atoms with Crippen molar-refractivity contribution in [2.45, 2.75) is 13.3 Å². The summed E-state index contributed by atoms with van der Waals surface area (Å²) >= 11 is 0. The highest BCUT2D eigenvalue weighted by atomic mass is 32.2. The zero-order valence-corrected chi connectivity index (χ0v) is 10.8. The molecule has 7 heteroatoms. The number of sulfonamides is 1. The van der Waals surface area contributed by atoms with Gasteiger partial charge in [0, 0.05) is 13.1 Å². The maximum absolute atomic E-state index is 10.8. The normalized spacial score (nSPS) is 11.4. The minimum absolute atomic E-state index is 0.416. The van der Waals surface area contributed by atoms with Gasteiger partial charge in [-0.05, 0) is 25.0 Å². The number of nitrogens with one attached hydrogen (secondary N) is 2. The van der Waals surface area contributed by atoms with E-state index in [0.717, 1.165) is 17.6 Å². The topological polar surface area (TPSA) is 97.1 Å². The summed E-state index contributed by atoms with van der Waals surface area (Å²) in [6.45, 7) is 2.98. The van der Waals surface area contributed by atoms with E-state index in [2.05, 4.69) is 15.0 Å². The number of hydrogen-bond acceptors (Lipinski definition) is 5. The Morgan fingerprint density at radius 3 is 2.71 bits per heavy atom. The number of nitrogens with two attached hydrogens (primary N) is 1. The first-order valence-electron chi connectivity index (χ1n) is 5.29. The third kappa shape index (κ3) is 5.50. The number of hydrogen-bond donors (Lipinski definition) is 3. The second-order valence-electron chi connectivity index (χ2n) is 3.87. The molecule has 0 aliphatic heterocycles. The summed E-state index contributed by atoms with van der Waals surface area (Å²) in [5.41, 5.74) is 7.28. The van der Waals surface area contributed by atoms with Crippen LogP contribution in [0.2, 0.25) is 0 Å². The summed E-state index contributed by atoms with van der Waals surface area (Å²) in [5.74, 6) is 0.746. The molecule has 0 radical (unpaired) electrons. The van der Waals surface area contributed by atoms with Gasteiger partial charge in [0.25, 0.3) is 0 Å². The molecule has 1 aromatic heterocycles. The van der Waals surface area contributed by atoms with Gasteiger partial charge in [-0.2, -0.15) is 0 Å². The summed E-state index contributed by atoms with van der Waals surface area (Å²) in [7, 11) is -3.09. The molecule has 0 atom stereocenters. The molecule has 0 aromatic carbocycles. The van der Waals surface area contributed by atoms with Crippen molar-refractivity contribution in [3.63, 3.8) is 0 Å². The molecule has 1 rings (SSSR count). The lowest BCUT2D eigenvalue weighted by Gasteiger charge is -2.07. The molecule has 0 fully saturated rings. The van der Waals surface area contributed by atoms with E-state index in [1.165, 1.54) is 0 Å². The fourth-order valence-corrected chi connectivity index (χ4v) is 1.74. The molecule has 0 amide bonds. The fourth-order valence-electron chi connectivity index (χ4n) is 1.23. The molecule has 0 saturated carbocycles. The fraction of sp³-hybridized carbons (Fsp3) is 0.500. The van der Waals surface area contributed by atoms with Gasteiger partial charge in [-0.1, -0.05) is 0 Å². The van der Waals surface area contributed by atoms with E-state index in [0.29, 0.717) is 25.2 Å². The monoisotopic (exact) mass is 258 g/mol. The van der Waals surface area contributed by atoms with Crippen molar-refractivity contribution in [2.75, 3.05) is 30.4 Å². The van der Waals surface area contributed by atoms with E-state index in [1.807, 2.05) is 13.0 Å². The first kappa shape index (κ1) is 13.7. The SMILES string of the molecule is Cc1cc(NCCCNS(C)(=O)=O)ncc1N. The minimum atomic E-state index is -3.09. The molecular weight excluding hydrogens is 240 g/mol. The maximum Gasteiger partial charge on any atom is 0.208 e. The molecule has 1 heterocycles. The molecule has 96 valence electrons. The zero-order valence-electron chi connectivity index (χ0n) is 10.0. The molecule has 0 spiro atoms. The lowest BCUT2D eigenvalue weighted by molar-refractivity contribution is 0.586. The van der Waals surface area contributed by atoms with Crippen LogP contribution in [-0.4, -0.2) is 32.7 Å². The minimum Gasteiger partial charge on any atom is -0.397 e. The highest BCUT2D eigenvalue weighted by Crippen LogP contribution is 2.12. The molecule has 4 N–H and O–H groups in total. The predicted octanol–water partition coefficient (Wildman–Crippen LogP) is 0.323. The quantitative estimate of drug-likeness (QED) is 0.639. The van der Waals surface area contributed by atoms with Crippen LogP contribution in [-0.2, 0) is 10.0 Å². The summed E-state index contributed by atoms with van der Waals surface area (Å²) in [6, 6.07) is 1.86. The Balaban J connectivity index is 2.29. The number of nitrogen functional groups attached to an aromatic ring is 1. The van der Waals surface area contributed by atoms with E-state index in [-0.39, 0.29) is 0 Å². The average molecular weight is 258 g/mol. The molecule has 0 saturated heterocycles. The molecular formula is C10H18N4O2S. The van der Waals surface area contributed by atoms with Gasteiger partial charge in [-0.3, -0.25) is 0 Å². The Morgan fingerprint density at radius 1 is 1.41 bits per heavy atom. The van der Waals surface area contributed by atoms with Gasteiger partial charge < -0.3 is 11.1 Å². The van der Waals surface area contributed by atoms with Crippen LogP contribution in [0, 0.1) is 6.92 Å². The van der Waals surface area contributed by atoms with Crippen LogP contribution >= 0.6 is 0 Å². The summed E-state index contributed by atoms with van der Waals surface area (Å²) < 4.78 is 24.0. The molecule has 0 aliphatic carbocycles. The number of aromatic nitrogens is 1. The summed E-state index contributed by atoms with van der Waals surface area (Å²) in [6.07, 6.45) is 3.44. The molecule has 0 unspecified atom stereocenters. The Morgan fingerprint density at radius 2 is 2.12 bits per heavy atom. The van der Waals surface area contributed by atoms with E-state index < -0.39 is 10.0 Å². The maximum atomic E-state index is 10.8. The number of rotatable bonds is 6. The Labute approximate surface area is 102 Å². The predicted molar refractivity (Wildman–Crippen MR) is 69.3 cm³/mol. The number of pyridine rings is 1. The first-order chi connectivity index (χ1) is 7.88. The molecule has 17 heavy (non-hydrogen) atoms. The number of nitrogens with zero attached hydrogens (tertiary/aromatic N) is 1. The van der Waals surface area contributed by atoms with Crippen molar-refractivity contribution in [1.82, 2.24) is 9.71 Å². The first-order valence-corrected chi connectivity index (χ1v) is 7.18. The average Bonchev–Trinajstić information content (AvgIpc) is 2.21. The van der Waals surface area contributed by atoms with E-state index in [9.17, 15) is 8.42 Å². The third-order valence-corrected chi connectivity index (χ3v) is 2.90. The smallest absolute Gasteiger partial charge is 0.208 e. The van der Waals surface area contributed by atoms with Crippen LogP contribution < -0.4 is 15.8 Å². The Kier molecular flexibility index (Phi) is 4.71. The third-order valence-electron chi connectivity index (χ3n) is 2.18. The van der Waals surface area contributed by atoms with Crippen molar-refractivity contribution in [3.05, 3.63) is 17.8 Å².